The van der Waals surface area contributed by atoms with Gasteiger partial charge in [-0.1, -0.05) is 34.1 Å². The van der Waals surface area contributed by atoms with E-state index < -0.39 is 0 Å². The number of fused-ring (bicyclic) bond motifs is 1. The number of hydrogen-bond acceptors (Lipinski definition) is 7. The number of hydrogen-bond donors (Lipinski definition) is 1. The van der Waals surface area contributed by atoms with Crippen LogP contribution in [0.1, 0.15) is 37.9 Å². The number of amides is 1. The van der Waals surface area contributed by atoms with E-state index >= 15 is 0 Å². The molecule has 1 N–H and O–H groups in total. The van der Waals surface area contributed by atoms with Crippen molar-refractivity contribution in [3.63, 3.8) is 0 Å². The lowest BCUT2D eigenvalue weighted by atomic mass is 10.1. The van der Waals surface area contributed by atoms with Crippen LogP contribution >= 0.6 is 32.9 Å². The van der Waals surface area contributed by atoms with Crippen LogP contribution in [0.4, 0.5) is 0 Å². The van der Waals surface area contributed by atoms with Crippen molar-refractivity contribution in [2.24, 2.45) is 0 Å². The zero-order valence-corrected chi connectivity index (χ0v) is 17.3. The average Bonchev–Trinajstić information content (AvgIpc) is 3.45. The fourth-order valence-corrected chi connectivity index (χ4v) is 6.71. The standard InChI is InChI=1S/C18H21N5OS3/c24-18(6-2-1-4-13-9-11-26-27-13)19-12-17-21-20-16-8-7-14(22-23(16)17)15-5-3-10-25-15/h3,5,7-8,10,13H,1-2,4,6,9,11-12H2,(H,19,24)/t13-/m0/s1. The van der Waals surface area contributed by atoms with Gasteiger partial charge in [0.1, 0.15) is 5.69 Å². The fraction of sp³-hybridized carbons (Fsp3) is 0.444. The van der Waals surface area contributed by atoms with E-state index in [0.29, 0.717) is 24.4 Å². The van der Waals surface area contributed by atoms with Crippen molar-refractivity contribution >= 4 is 44.5 Å². The Labute approximate surface area is 169 Å². The number of thiophene rings is 1. The van der Waals surface area contributed by atoms with E-state index in [1.54, 1.807) is 15.9 Å². The molecule has 0 radical (unpaired) electrons. The van der Waals surface area contributed by atoms with Crippen molar-refractivity contribution in [3.8, 4) is 10.6 Å². The number of nitrogens with one attached hydrogen (secondary N) is 1. The first-order chi connectivity index (χ1) is 13.3. The van der Waals surface area contributed by atoms with Crippen LogP contribution in [0, 0.1) is 0 Å². The molecule has 1 amide bonds. The van der Waals surface area contributed by atoms with Gasteiger partial charge in [-0.3, -0.25) is 4.79 Å². The Morgan fingerprint density at radius 3 is 3.04 bits per heavy atom. The summed E-state index contributed by atoms with van der Waals surface area (Å²) in [4.78, 5) is 13.2. The molecule has 3 aromatic rings. The molecule has 142 valence electrons. The lowest BCUT2D eigenvalue weighted by Crippen LogP contribution is -2.24. The molecule has 27 heavy (non-hydrogen) atoms. The largest absolute Gasteiger partial charge is 0.349 e. The highest BCUT2D eigenvalue weighted by Gasteiger charge is 2.16. The number of nitrogens with zero attached hydrogens (tertiary/aromatic N) is 4. The van der Waals surface area contributed by atoms with Crippen molar-refractivity contribution in [1.29, 1.82) is 0 Å². The summed E-state index contributed by atoms with van der Waals surface area (Å²) in [6.07, 6.45) is 5.15. The molecule has 4 rings (SSSR count). The van der Waals surface area contributed by atoms with Gasteiger partial charge < -0.3 is 5.32 Å². The fourth-order valence-electron chi connectivity index (χ4n) is 2.99. The van der Waals surface area contributed by atoms with Gasteiger partial charge in [0.05, 0.1) is 11.4 Å². The maximum absolute atomic E-state index is 12.1. The molecule has 0 saturated carbocycles. The van der Waals surface area contributed by atoms with Crippen LogP contribution in [0.5, 0.6) is 0 Å². The molecule has 0 unspecified atom stereocenters. The Morgan fingerprint density at radius 2 is 2.22 bits per heavy atom. The Balaban J connectivity index is 1.29. The summed E-state index contributed by atoms with van der Waals surface area (Å²) in [5, 5.41) is 18.7. The minimum atomic E-state index is 0.0645. The molecular formula is C18H21N5OS3. The van der Waals surface area contributed by atoms with E-state index in [9.17, 15) is 4.79 Å². The molecule has 0 aromatic carbocycles. The summed E-state index contributed by atoms with van der Waals surface area (Å²) < 4.78 is 1.71. The predicted octanol–water partition coefficient (Wildman–Crippen LogP) is 4.18. The Bertz CT molecular complexity index is 890. The minimum absolute atomic E-state index is 0.0645. The number of rotatable bonds is 8. The molecule has 1 atom stereocenters. The third kappa shape index (κ3) is 4.83. The SMILES string of the molecule is O=C(CCCC[C@H]1CCSS1)NCc1nnc2ccc(-c3cccs3)nn12. The van der Waals surface area contributed by atoms with Gasteiger partial charge in [-0.05, 0) is 42.8 Å². The molecule has 9 heteroatoms. The molecular weight excluding hydrogens is 398 g/mol. The first-order valence-electron chi connectivity index (χ1n) is 9.10. The second kappa shape index (κ2) is 9.07. The van der Waals surface area contributed by atoms with E-state index in [-0.39, 0.29) is 5.91 Å². The minimum Gasteiger partial charge on any atom is -0.349 e. The Morgan fingerprint density at radius 1 is 1.26 bits per heavy atom. The number of unbranched alkanes of at least 4 members (excludes halogenated alkanes) is 1. The van der Waals surface area contributed by atoms with E-state index in [2.05, 4.69) is 20.6 Å². The second-order valence-corrected chi connectivity index (χ2v) is 10.2. The molecule has 1 saturated heterocycles. The monoisotopic (exact) mass is 419 g/mol. The predicted molar refractivity (Wildman–Crippen MR) is 113 cm³/mol. The summed E-state index contributed by atoms with van der Waals surface area (Å²) in [5.74, 6) is 1.98. The highest BCUT2D eigenvalue weighted by Crippen LogP contribution is 2.39. The number of carbonyl (C=O) groups excluding carboxylic acids is 1. The van der Waals surface area contributed by atoms with Crippen LogP contribution in [0.3, 0.4) is 0 Å². The van der Waals surface area contributed by atoms with E-state index in [1.165, 1.54) is 18.6 Å². The first-order valence-corrected chi connectivity index (χ1v) is 12.4. The summed E-state index contributed by atoms with van der Waals surface area (Å²) in [5.41, 5.74) is 1.57. The third-order valence-electron chi connectivity index (χ3n) is 4.45. The maximum Gasteiger partial charge on any atom is 0.220 e. The van der Waals surface area contributed by atoms with Crippen LogP contribution in [-0.4, -0.2) is 36.7 Å². The van der Waals surface area contributed by atoms with E-state index in [0.717, 1.165) is 28.7 Å². The van der Waals surface area contributed by atoms with Gasteiger partial charge in [-0.15, -0.1) is 21.5 Å². The Hall–Kier alpha value is -1.58. The van der Waals surface area contributed by atoms with E-state index in [4.69, 9.17) is 0 Å². The van der Waals surface area contributed by atoms with Crippen LogP contribution in [-0.2, 0) is 11.3 Å². The first kappa shape index (κ1) is 18.8. The van der Waals surface area contributed by atoms with Crippen molar-refractivity contribution < 1.29 is 4.79 Å². The molecule has 1 fully saturated rings. The summed E-state index contributed by atoms with van der Waals surface area (Å²) in [6, 6.07) is 7.88. The van der Waals surface area contributed by atoms with E-state index in [1.807, 2.05) is 51.2 Å². The summed E-state index contributed by atoms with van der Waals surface area (Å²) in [6.45, 7) is 0.343. The topological polar surface area (TPSA) is 72.2 Å². The van der Waals surface area contributed by atoms with Crippen molar-refractivity contribution in [1.82, 2.24) is 25.1 Å². The average molecular weight is 420 g/mol. The molecule has 4 heterocycles. The third-order valence-corrected chi connectivity index (χ3v) is 8.35. The van der Waals surface area contributed by atoms with Gasteiger partial charge in [0, 0.05) is 17.4 Å². The van der Waals surface area contributed by atoms with Gasteiger partial charge in [0.25, 0.3) is 0 Å². The van der Waals surface area contributed by atoms with Crippen molar-refractivity contribution in [2.45, 2.75) is 43.9 Å². The molecule has 0 bridgehead atoms. The lowest BCUT2D eigenvalue weighted by Gasteiger charge is -2.07. The zero-order chi connectivity index (χ0) is 18.5. The van der Waals surface area contributed by atoms with Crippen LogP contribution in [0.15, 0.2) is 29.6 Å². The summed E-state index contributed by atoms with van der Waals surface area (Å²) in [7, 11) is 3.97. The van der Waals surface area contributed by atoms with Gasteiger partial charge in [-0.25, -0.2) is 0 Å². The molecule has 1 aliphatic heterocycles. The maximum atomic E-state index is 12.1. The summed E-state index contributed by atoms with van der Waals surface area (Å²) >= 11 is 1.64. The molecule has 0 aliphatic carbocycles. The molecule has 3 aromatic heterocycles. The molecule has 0 spiro atoms. The van der Waals surface area contributed by atoms with Gasteiger partial charge in [0.15, 0.2) is 11.5 Å². The highest BCUT2D eigenvalue weighted by atomic mass is 33.1. The zero-order valence-electron chi connectivity index (χ0n) is 14.8. The van der Waals surface area contributed by atoms with Gasteiger partial charge in [0.2, 0.25) is 5.91 Å². The molecule has 6 nitrogen and oxygen atoms in total. The number of carbonyl (C=O) groups is 1. The van der Waals surface area contributed by atoms with Gasteiger partial charge in [-0.2, -0.15) is 9.61 Å². The van der Waals surface area contributed by atoms with Crippen molar-refractivity contribution in [2.75, 3.05) is 5.75 Å². The van der Waals surface area contributed by atoms with Crippen LogP contribution < -0.4 is 5.32 Å². The van der Waals surface area contributed by atoms with Crippen LogP contribution in [0.2, 0.25) is 0 Å². The van der Waals surface area contributed by atoms with Crippen molar-refractivity contribution in [3.05, 3.63) is 35.5 Å². The second-order valence-electron chi connectivity index (χ2n) is 6.43. The quantitative estimate of drug-likeness (QED) is 0.436. The van der Waals surface area contributed by atoms with Crippen LogP contribution in [0.25, 0.3) is 16.2 Å². The normalized spacial score (nSPS) is 16.8. The number of aromatic nitrogens is 4. The lowest BCUT2D eigenvalue weighted by molar-refractivity contribution is -0.121. The van der Waals surface area contributed by atoms with Gasteiger partial charge >= 0.3 is 0 Å². The highest BCUT2D eigenvalue weighted by molar-refractivity contribution is 8.77. The smallest absolute Gasteiger partial charge is 0.220 e. The molecule has 1 aliphatic rings. The Kier molecular flexibility index (Phi) is 6.31.